The molecular formula is C26H34N4O3. The molecule has 2 aromatic carbocycles. The fourth-order valence-electron chi connectivity index (χ4n) is 3.76. The molecular weight excluding hydrogens is 416 g/mol. The maximum absolute atomic E-state index is 12.6. The smallest absolute Gasteiger partial charge is 0.246 e. The largest absolute Gasteiger partial charge is 0.497 e. The third-order valence-electron chi connectivity index (χ3n) is 5.95. The van der Waals surface area contributed by atoms with Crippen LogP contribution in [0.25, 0.3) is 6.08 Å². The first kappa shape index (κ1) is 24.3. The molecule has 7 nitrogen and oxygen atoms in total. The molecule has 1 heterocycles. The lowest BCUT2D eigenvalue weighted by molar-refractivity contribution is -0.123. The van der Waals surface area contributed by atoms with Crippen LogP contribution in [0.4, 0.5) is 11.4 Å². The van der Waals surface area contributed by atoms with E-state index in [4.69, 9.17) is 4.74 Å². The predicted molar refractivity (Wildman–Crippen MR) is 134 cm³/mol. The molecule has 2 aromatic rings. The first-order valence-electron chi connectivity index (χ1n) is 11.4. The monoisotopic (exact) mass is 450 g/mol. The number of anilines is 2. The fourth-order valence-corrected chi connectivity index (χ4v) is 3.76. The number of benzene rings is 2. The van der Waals surface area contributed by atoms with Gasteiger partial charge in [0.25, 0.3) is 0 Å². The normalized spacial score (nSPS) is 15.3. The molecule has 7 heteroatoms. The Morgan fingerprint density at radius 2 is 1.79 bits per heavy atom. The Morgan fingerprint density at radius 3 is 2.39 bits per heavy atom. The maximum atomic E-state index is 12.6. The Bertz CT molecular complexity index is 980. The second-order valence-corrected chi connectivity index (χ2v) is 8.25. The third kappa shape index (κ3) is 6.83. The number of aryl methyl sites for hydroxylation is 1. The van der Waals surface area contributed by atoms with E-state index in [1.165, 1.54) is 11.8 Å². The van der Waals surface area contributed by atoms with Crippen LogP contribution >= 0.6 is 0 Å². The first-order valence-corrected chi connectivity index (χ1v) is 11.4. The molecule has 0 spiro atoms. The summed E-state index contributed by atoms with van der Waals surface area (Å²) in [6.45, 7) is 11.1. The highest BCUT2D eigenvalue weighted by Gasteiger charge is 2.18. The van der Waals surface area contributed by atoms with Crippen LogP contribution in [0.1, 0.15) is 25.0 Å². The summed E-state index contributed by atoms with van der Waals surface area (Å²) in [7, 11) is 1.61. The van der Waals surface area contributed by atoms with Crippen molar-refractivity contribution in [2.45, 2.75) is 26.8 Å². The van der Waals surface area contributed by atoms with Gasteiger partial charge in [0.1, 0.15) is 11.8 Å². The van der Waals surface area contributed by atoms with Crippen molar-refractivity contribution in [3.8, 4) is 5.75 Å². The van der Waals surface area contributed by atoms with E-state index in [2.05, 4.69) is 33.4 Å². The van der Waals surface area contributed by atoms with Gasteiger partial charge in [-0.1, -0.05) is 19.1 Å². The molecule has 0 aliphatic carbocycles. The molecule has 1 aliphatic rings. The Morgan fingerprint density at radius 1 is 1.09 bits per heavy atom. The lowest BCUT2D eigenvalue weighted by Gasteiger charge is -2.35. The molecule has 2 amide bonds. The van der Waals surface area contributed by atoms with Crippen molar-refractivity contribution in [2.24, 2.45) is 0 Å². The summed E-state index contributed by atoms with van der Waals surface area (Å²) in [5, 5.41) is 5.64. The molecule has 1 aliphatic heterocycles. The van der Waals surface area contributed by atoms with E-state index in [9.17, 15) is 9.59 Å². The van der Waals surface area contributed by atoms with Crippen molar-refractivity contribution in [3.05, 3.63) is 59.7 Å². The van der Waals surface area contributed by atoms with Gasteiger partial charge >= 0.3 is 0 Å². The highest BCUT2D eigenvalue weighted by atomic mass is 16.5. The molecule has 1 saturated heterocycles. The van der Waals surface area contributed by atoms with Crippen molar-refractivity contribution in [1.82, 2.24) is 10.2 Å². The number of hydrogen-bond donors (Lipinski definition) is 2. The topological polar surface area (TPSA) is 73.9 Å². The summed E-state index contributed by atoms with van der Waals surface area (Å²) < 4.78 is 5.12. The van der Waals surface area contributed by atoms with Crippen LogP contribution in [-0.2, 0) is 9.59 Å². The van der Waals surface area contributed by atoms with Gasteiger partial charge in [0.05, 0.1) is 7.11 Å². The van der Waals surface area contributed by atoms with Gasteiger partial charge in [0.2, 0.25) is 11.8 Å². The SMILES string of the molecule is CCN1CCN(c2ccc(NC(=O)C(C)NC(=O)/C=C/c3ccc(OC)cc3)c(C)c2)CC1. The highest BCUT2D eigenvalue weighted by Crippen LogP contribution is 2.24. The minimum absolute atomic E-state index is 0.256. The molecule has 0 bridgehead atoms. The van der Waals surface area contributed by atoms with Crippen LogP contribution in [0.3, 0.4) is 0 Å². The number of methoxy groups -OCH3 is 1. The van der Waals surface area contributed by atoms with E-state index < -0.39 is 6.04 Å². The van der Waals surface area contributed by atoms with Gasteiger partial charge in [-0.3, -0.25) is 9.59 Å². The standard InChI is InChI=1S/C26H34N4O3/c1-5-29-14-16-30(17-15-29)22-9-12-24(19(2)18-22)28-26(32)20(3)27-25(31)13-8-21-6-10-23(33-4)11-7-21/h6-13,18,20H,5,14-17H2,1-4H3,(H,27,31)(H,28,32)/b13-8+. The molecule has 33 heavy (non-hydrogen) atoms. The number of carbonyl (C=O) groups is 2. The Balaban J connectivity index is 1.52. The van der Waals surface area contributed by atoms with Gasteiger partial charge in [-0.2, -0.15) is 0 Å². The van der Waals surface area contributed by atoms with E-state index in [1.54, 1.807) is 20.1 Å². The van der Waals surface area contributed by atoms with Gasteiger partial charge in [-0.15, -0.1) is 0 Å². The van der Waals surface area contributed by atoms with Crippen LogP contribution in [0.15, 0.2) is 48.5 Å². The summed E-state index contributed by atoms with van der Waals surface area (Å²) in [5.74, 6) is 0.171. The van der Waals surface area contributed by atoms with E-state index in [1.807, 2.05) is 43.3 Å². The van der Waals surface area contributed by atoms with Gasteiger partial charge in [0.15, 0.2) is 0 Å². The maximum Gasteiger partial charge on any atom is 0.246 e. The average Bonchev–Trinajstić information content (AvgIpc) is 2.84. The number of ether oxygens (including phenoxy) is 1. The van der Waals surface area contributed by atoms with Crippen LogP contribution in [0.2, 0.25) is 0 Å². The average molecular weight is 451 g/mol. The Labute approximate surface area is 196 Å². The minimum atomic E-state index is -0.667. The summed E-state index contributed by atoms with van der Waals surface area (Å²) in [6, 6.07) is 12.8. The molecule has 2 N–H and O–H groups in total. The number of amides is 2. The summed E-state index contributed by atoms with van der Waals surface area (Å²) in [6.07, 6.45) is 3.12. The van der Waals surface area contributed by atoms with Crippen molar-refractivity contribution in [2.75, 3.05) is 50.1 Å². The van der Waals surface area contributed by atoms with E-state index in [0.717, 1.165) is 55.3 Å². The van der Waals surface area contributed by atoms with Gasteiger partial charge in [0, 0.05) is 43.6 Å². The third-order valence-corrected chi connectivity index (χ3v) is 5.95. The quantitative estimate of drug-likeness (QED) is 0.604. The number of carbonyl (C=O) groups excluding carboxylic acids is 2. The Hall–Kier alpha value is -3.32. The van der Waals surface area contributed by atoms with E-state index in [-0.39, 0.29) is 11.8 Å². The molecule has 3 rings (SSSR count). The van der Waals surface area contributed by atoms with Gasteiger partial charge in [-0.25, -0.2) is 0 Å². The number of nitrogens with one attached hydrogen (secondary N) is 2. The van der Waals surface area contributed by atoms with E-state index >= 15 is 0 Å². The molecule has 0 aromatic heterocycles. The molecule has 176 valence electrons. The van der Waals surface area contributed by atoms with Gasteiger partial charge < -0.3 is 25.2 Å². The van der Waals surface area contributed by atoms with E-state index in [0.29, 0.717) is 0 Å². The number of nitrogens with zero attached hydrogens (tertiary/aromatic N) is 2. The zero-order chi connectivity index (χ0) is 23.8. The molecule has 0 radical (unpaired) electrons. The second-order valence-electron chi connectivity index (χ2n) is 8.25. The Kier molecular flexibility index (Phi) is 8.49. The zero-order valence-corrected chi connectivity index (χ0v) is 19.9. The molecule has 1 fully saturated rings. The lowest BCUT2D eigenvalue weighted by Crippen LogP contribution is -2.46. The summed E-state index contributed by atoms with van der Waals surface area (Å²) >= 11 is 0. The van der Waals surface area contributed by atoms with Crippen molar-refractivity contribution < 1.29 is 14.3 Å². The lowest BCUT2D eigenvalue weighted by atomic mass is 10.1. The first-order chi connectivity index (χ1) is 15.9. The number of rotatable bonds is 8. The highest BCUT2D eigenvalue weighted by molar-refractivity contribution is 6.00. The number of likely N-dealkylation sites (N-methyl/N-ethyl adjacent to an activating group) is 1. The van der Waals surface area contributed by atoms with Crippen molar-refractivity contribution >= 4 is 29.3 Å². The van der Waals surface area contributed by atoms with Crippen molar-refractivity contribution in [3.63, 3.8) is 0 Å². The number of hydrogen-bond acceptors (Lipinski definition) is 5. The van der Waals surface area contributed by atoms with Crippen molar-refractivity contribution in [1.29, 1.82) is 0 Å². The molecule has 1 unspecified atom stereocenters. The summed E-state index contributed by atoms with van der Waals surface area (Å²) in [4.78, 5) is 29.7. The minimum Gasteiger partial charge on any atom is -0.497 e. The second kappa shape index (κ2) is 11.5. The van der Waals surface area contributed by atoms with Crippen LogP contribution < -0.4 is 20.3 Å². The predicted octanol–water partition coefficient (Wildman–Crippen LogP) is 3.30. The van der Waals surface area contributed by atoms with Gasteiger partial charge in [-0.05, 0) is 67.9 Å². The molecule has 1 atom stereocenters. The number of piperazine rings is 1. The fraction of sp³-hybridized carbons (Fsp3) is 0.385. The molecule has 0 saturated carbocycles. The van der Waals surface area contributed by atoms with Crippen LogP contribution in [0, 0.1) is 6.92 Å². The van der Waals surface area contributed by atoms with Crippen LogP contribution in [0.5, 0.6) is 5.75 Å². The zero-order valence-electron chi connectivity index (χ0n) is 19.9. The summed E-state index contributed by atoms with van der Waals surface area (Å²) in [5.41, 5.74) is 3.80. The van der Waals surface area contributed by atoms with Crippen LogP contribution in [-0.4, -0.2) is 62.6 Å².